The van der Waals surface area contributed by atoms with Crippen molar-refractivity contribution in [1.29, 1.82) is 5.26 Å². The molecule has 0 bridgehead atoms. The van der Waals surface area contributed by atoms with E-state index in [2.05, 4.69) is 4.98 Å². The Bertz CT molecular complexity index is 366. The zero-order valence-corrected chi connectivity index (χ0v) is 7.62. The zero-order chi connectivity index (χ0) is 9.68. The van der Waals surface area contributed by atoms with Crippen LogP contribution in [0.1, 0.15) is 11.1 Å². The van der Waals surface area contributed by atoms with Gasteiger partial charge in [0.25, 0.3) is 0 Å². The van der Waals surface area contributed by atoms with Gasteiger partial charge in [-0.2, -0.15) is 5.26 Å². The van der Waals surface area contributed by atoms with Gasteiger partial charge in [-0.3, -0.25) is 0 Å². The number of hydrogen-bond donors (Lipinski definition) is 1. The second-order valence-electron chi connectivity index (χ2n) is 2.35. The van der Waals surface area contributed by atoms with E-state index in [1.165, 1.54) is 6.20 Å². The molecular weight excluding hydrogens is 186 g/mol. The van der Waals surface area contributed by atoms with Crippen molar-refractivity contribution in [2.24, 2.45) is 5.73 Å². The van der Waals surface area contributed by atoms with E-state index in [9.17, 15) is 0 Å². The van der Waals surface area contributed by atoms with Crippen LogP contribution >= 0.6 is 11.6 Å². The molecular formula is C9H8ClN3. The van der Waals surface area contributed by atoms with Crippen LogP contribution in [-0.2, 0) is 0 Å². The predicted molar refractivity (Wildman–Crippen MR) is 52.1 cm³/mol. The van der Waals surface area contributed by atoms with Crippen LogP contribution in [0, 0.1) is 11.3 Å². The summed E-state index contributed by atoms with van der Waals surface area (Å²) in [6, 6.07) is 3.65. The minimum absolute atomic E-state index is 0.378. The lowest BCUT2D eigenvalue weighted by atomic mass is 10.2. The summed E-state index contributed by atoms with van der Waals surface area (Å²) in [5.41, 5.74) is 6.48. The van der Waals surface area contributed by atoms with Crippen molar-refractivity contribution in [3.63, 3.8) is 0 Å². The lowest BCUT2D eigenvalue weighted by molar-refractivity contribution is 1.25. The van der Waals surface area contributed by atoms with Crippen LogP contribution in [0.15, 0.2) is 18.3 Å². The smallest absolute Gasteiger partial charge is 0.136 e. The van der Waals surface area contributed by atoms with Gasteiger partial charge < -0.3 is 5.73 Å². The highest BCUT2D eigenvalue weighted by molar-refractivity contribution is 6.30. The third-order valence-corrected chi connectivity index (χ3v) is 1.74. The zero-order valence-electron chi connectivity index (χ0n) is 6.87. The van der Waals surface area contributed by atoms with E-state index in [-0.39, 0.29) is 0 Å². The van der Waals surface area contributed by atoms with E-state index in [0.717, 1.165) is 0 Å². The molecule has 0 unspecified atom stereocenters. The molecule has 0 aliphatic heterocycles. The Hall–Kier alpha value is -1.37. The van der Waals surface area contributed by atoms with Crippen molar-refractivity contribution in [1.82, 2.24) is 4.98 Å². The van der Waals surface area contributed by atoms with Crippen LogP contribution in [0.5, 0.6) is 0 Å². The normalized spacial score (nSPS) is 10.2. The summed E-state index contributed by atoms with van der Waals surface area (Å²) in [6.45, 7) is 0.438. The van der Waals surface area contributed by atoms with Crippen molar-refractivity contribution in [2.45, 2.75) is 0 Å². The maximum absolute atomic E-state index is 8.60. The number of nitrogens with two attached hydrogens (primary N) is 1. The second kappa shape index (κ2) is 4.61. The number of aromatic nitrogens is 1. The Labute approximate surface area is 81.5 Å². The standard InChI is InChI=1S/C9H8ClN3/c10-9-8(2-1-3-11)4-7(5-12)6-13-9/h1-2,4,6H,3,11H2. The summed E-state index contributed by atoms with van der Waals surface area (Å²) in [5, 5.41) is 8.97. The van der Waals surface area contributed by atoms with Gasteiger partial charge in [0.2, 0.25) is 0 Å². The SMILES string of the molecule is N#Cc1cnc(Cl)c(C=CCN)c1. The molecule has 1 rings (SSSR count). The van der Waals surface area contributed by atoms with Gasteiger partial charge in [0.05, 0.1) is 5.56 Å². The molecule has 0 fully saturated rings. The summed E-state index contributed by atoms with van der Waals surface area (Å²) in [7, 11) is 0. The highest BCUT2D eigenvalue weighted by atomic mass is 35.5. The van der Waals surface area contributed by atoms with Gasteiger partial charge in [-0.1, -0.05) is 23.8 Å². The molecule has 2 N–H and O–H groups in total. The lowest BCUT2D eigenvalue weighted by Crippen LogP contribution is -1.92. The van der Waals surface area contributed by atoms with Crippen LogP contribution in [-0.4, -0.2) is 11.5 Å². The summed E-state index contributed by atoms with van der Waals surface area (Å²) < 4.78 is 0. The van der Waals surface area contributed by atoms with Gasteiger partial charge in [0.15, 0.2) is 0 Å². The first kappa shape index (κ1) is 9.72. The molecule has 0 saturated heterocycles. The Morgan fingerprint density at radius 1 is 1.69 bits per heavy atom. The summed E-state index contributed by atoms with van der Waals surface area (Å²) in [5.74, 6) is 0. The molecule has 66 valence electrons. The molecule has 13 heavy (non-hydrogen) atoms. The van der Waals surface area contributed by atoms with Gasteiger partial charge in [0, 0.05) is 18.3 Å². The fraction of sp³-hybridized carbons (Fsp3) is 0.111. The van der Waals surface area contributed by atoms with Crippen LogP contribution < -0.4 is 5.73 Å². The largest absolute Gasteiger partial charge is 0.327 e. The third-order valence-electron chi connectivity index (χ3n) is 1.43. The molecule has 3 nitrogen and oxygen atoms in total. The van der Waals surface area contributed by atoms with Gasteiger partial charge in [0.1, 0.15) is 11.2 Å². The van der Waals surface area contributed by atoms with E-state index in [1.807, 2.05) is 6.07 Å². The summed E-state index contributed by atoms with van der Waals surface area (Å²) in [6.07, 6.45) is 4.93. The maximum Gasteiger partial charge on any atom is 0.136 e. The number of hydrogen-bond acceptors (Lipinski definition) is 3. The number of nitrogens with zero attached hydrogens (tertiary/aromatic N) is 2. The Kier molecular flexibility index (Phi) is 3.44. The molecule has 0 aromatic carbocycles. The van der Waals surface area contributed by atoms with E-state index in [0.29, 0.717) is 22.8 Å². The van der Waals surface area contributed by atoms with Crippen molar-refractivity contribution >= 4 is 17.7 Å². The van der Waals surface area contributed by atoms with E-state index in [4.69, 9.17) is 22.6 Å². The van der Waals surface area contributed by atoms with Gasteiger partial charge in [-0.25, -0.2) is 4.98 Å². The first-order valence-electron chi connectivity index (χ1n) is 3.70. The van der Waals surface area contributed by atoms with Crippen molar-refractivity contribution in [3.8, 4) is 6.07 Å². The quantitative estimate of drug-likeness (QED) is 0.726. The maximum atomic E-state index is 8.60. The van der Waals surface area contributed by atoms with Crippen LogP contribution in [0.4, 0.5) is 0 Å². The summed E-state index contributed by atoms with van der Waals surface area (Å²) in [4.78, 5) is 3.85. The number of pyridine rings is 1. The molecule has 0 atom stereocenters. The third kappa shape index (κ3) is 2.55. The van der Waals surface area contributed by atoms with Crippen LogP contribution in [0.3, 0.4) is 0 Å². The molecule has 0 saturated carbocycles. The molecule has 4 heteroatoms. The van der Waals surface area contributed by atoms with Crippen molar-refractivity contribution < 1.29 is 0 Å². The van der Waals surface area contributed by atoms with Crippen molar-refractivity contribution in [3.05, 3.63) is 34.6 Å². The molecule has 0 spiro atoms. The average molecular weight is 194 g/mol. The Morgan fingerprint density at radius 3 is 3.08 bits per heavy atom. The number of halogens is 1. The highest BCUT2D eigenvalue weighted by Crippen LogP contribution is 2.15. The topological polar surface area (TPSA) is 62.7 Å². The molecule has 1 heterocycles. The minimum atomic E-state index is 0.378. The number of nitriles is 1. The van der Waals surface area contributed by atoms with Crippen LogP contribution in [0.2, 0.25) is 5.15 Å². The Morgan fingerprint density at radius 2 is 2.46 bits per heavy atom. The Balaban J connectivity index is 3.06. The molecule has 0 amide bonds. The average Bonchev–Trinajstić information content (AvgIpc) is 2.17. The molecule has 0 aliphatic rings. The second-order valence-corrected chi connectivity index (χ2v) is 2.71. The minimum Gasteiger partial charge on any atom is -0.327 e. The van der Waals surface area contributed by atoms with Crippen LogP contribution in [0.25, 0.3) is 6.08 Å². The highest BCUT2D eigenvalue weighted by Gasteiger charge is 1.98. The molecule has 1 aromatic heterocycles. The van der Waals surface area contributed by atoms with Gasteiger partial charge in [-0.05, 0) is 6.07 Å². The van der Waals surface area contributed by atoms with Gasteiger partial charge in [-0.15, -0.1) is 0 Å². The summed E-state index contributed by atoms with van der Waals surface area (Å²) >= 11 is 5.78. The molecule has 0 radical (unpaired) electrons. The van der Waals surface area contributed by atoms with E-state index in [1.54, 1.807) is 18.2 Å². The van der Waals surface area contributed by atoms with Crippen molar-refractivity contribution in [2.75, 3.05) is 6.54 Å². The molecule has 1 aromatic rings. The van der Waals surface area contributed by atoms with E-state index < -0.39 is 0 Å². The predicted octanol–water partition coefficient (Wildman–Crippen LogP) is 1.58. The molecule has 0 aliphatic carbocycles. The first-order chi connectivity index (χ1) is 6.27. The fourth-order valence-corrected chi connectivity index (χ4v) is 1.00. The monoisotopic (exact) mass is 193 g/mol. The van der Waals surface area contributed by atoms with E-state index >= 15 is 0 Å². The first-order valence-corrected chi connectivity index (χ1v) is 4.08. The fourth-order valence-electron chi connectivity index (χ4n) is 0.838. The number of rotatable bonds is 2. The van der Waals surface area contributed by atoms with Gasteiger partial charge >= 0.3 is 0 Å². The lowest BCUT2D eigenvalue weighted by Gasteiger charge is -1.96.